The molecule has 49 heavy (non-hydrogen) atoms. The Hall–Kier alpha value is -2.29. The Labute approximate surface area is 295 Å². The minimum atomic E-state index is -0.961. The molecule has 2 spiro atoms. The van der Waals surface area contributed by atoms with Crippen molar-refractivity contribution in [1.29, 1.82) is 0 Å². The Morgan fingerprint density at radius 2 is 1.59 bits per heavy atom. The van der Waals surface area contributed by atoms with Gasteiger partial charge in [-0.2, -0.15) is 0 Å². The van der Waals surface area contributed by atoms with Crippen LogP contribution in [0, 0.1) is 45.3 Å². The quantitative estimate of drug-likeness (QED) is 0.235. The van der Waals surface area contributed by atoms with E-state index in [0.29, 0.717) is 32.4 Å². The number of Topliss-reactive ketones (excluding diaryl/α,β-unsaturated/α-hetero) is 2. The molecular formula is C40H65N3O6. The molecule has 5 rings (SSSR count). The number of nitrogens with zero attached hydrogens (tertiary/aromatic N) is 2. The maximum Gasteiger partial charge on any atom is 0.306 e. The number of carbonyl (C=O) groups is 5. The number of likely N-dealkylation sites (tertiary alicyclic amines) is 2. The zero-order valence-electron chi connectivity index (χ0n) is 31.6. The van der Waals surface area contributed by atoms with Crippen molar-refractivity contribution in [2.75, 3.05) is 26.7 Å². The molecule has 3 aliphatic carbocycles. The van der Waals surface area contributed by atoms with Gasteiger partial charge >= 0.3 is 5.97 Å². The second-order valence-corrected chi connectivity index (χ2v) is 18.4. The van der Waals surface area contributed by atoms with Crippen molar-refractivity contribution >= 4 is 29.4 Å². The van der Waals surface area contributed by atoms with Crippen LogP contribution in [-0.4, -0.2) is 83.0 Å². The summed E-state index contributed by atoms with van der Waals surface area (Å²) in [5, 5.41) is 13.1. The van der Waals surface area contributed by atoms with Crippen LogP contribution in [-0.2, 0) is 24.0 Å². The van der Waals surface area contributed by atoms with E-state index >= 15 is 0 Å². The maximum absolute atomic E-state index is 14.9. The molecule has 2 saturated heterocycles. The lowest BCUT2D eigenvalue weighted by molar-refractivity contribution is -0.148. The van der Waals surface area contributed by atoms with E-state index in [1.165, 1.54) is 0 Å². The summed E-state index contributed by atoms with van der Waals surface area (Å²) in [7, 11) is 2.03. The molecule has 2 amide bonds. The van der Waals surface area contributed by atoms with E-state index in [-0.39, 0.29) is 64.3 Å². The summed E-state index contributed by atoms with van der Waals surface area (Å²) in [6.07, 6.45) is 11.7. The third-order valence-corrected chi connectivity index (χ3v) is 14.4. The van der Waals surface area contributed by atoms with Gasteiger partial charge in [-0.05, 0) is 87.1 Å². The Kier molecular flexibility index (Phi) is 11.1. The molecule has 5 fully saturated rings. The first kappa shape index (κ1) is 38.0. The Morgan fingerprint density at radius 1 is 0.918 bits per heavy atom. The molecule has 2 aliphatic heterocycles. The summed E-state index contributed by atoms with van der Waals surface area (Å²) in [4.78, 5) is 73.2. The first-order valence-corrected chi connectivity index (χ1v) is 19.6. The Bertz CT molecular complexity index is 1280. The number of hydrogen-bond donors (Lipinski definition) is 2. The van der Waals surface area contributed by atoms with Gasteiger partial charge in [0.25, 0.3) is 0 Å². The Morgan fingerprint density at radius 3 is 2.12 bits per heavy atom. The number of carboxylic acids is 1. The minimum absolute atomic E-state index is 0.0148. The van der Waals surface area contributed by atoms with Gasteiger partial charge in [0.15, 0.2) is 11.6 Å². The van der Waals surface area contributed by atoms with Crippen molar-refractivity contribution in [1.82, 2.24) is 15.1 Å². The molecule has 0 aromatic rings. The summed E-state index contributed by atoms with van der Waals surface area (Å²) in [5.74, 6) is -2.94. The fourth-order valence-electron chi connectivity index (χ4n) is 11.0. The third kappa shape index (κ3) is 7.00. The van der Waals surface area contributed by atoms with Gasteiger partial charge in [-0.1, -0.05) is 73.6 Å². The van der Waals surface area contributed by atoms with Crippen molar-refractivity contribution in [3.05, 3.63) is 0 Å². The summed E-state index contributed by atoms with van der Waals surface area (Å²) < 4.78 is 0. The second kappa shape index (κ2) is 14.4. The molecule has 6 atom stereocenters. The van der Waals surface area contributed by atoms with Gasteiger partial charge in [0.1, 0.15) is 0 Å². The molecular weight excluding hydrogens is 618 g/mol. The second-order valence-electron chi connectivity index (χ2n) is 18.4. The molecule has 276 valence electrons. The van der Waals surface area contributed by atoms with Crippen molar-refractivity contribution in [2.24, 2.45) is 45.3 Å². The molecule has 9 heteroatoms. The third-order valence-electron chi connectivity index (χ3n) is 14.4. The van der Waals surface area contributed by atoms with Crippen LogP contribution in [0.3, 0.4) is 0 Å². The molecule has 2 N–H and O–H groups in total. The van der Waals surface area contributed by atoms with Gasteiger partial charge in [0.2, 0.25) is 11.8 Å². The number of fused-ring (bicyclic) bond motifs is 1. The van der Waals surface area contributed by atoms with Crippen LogP contribution in [0.4, 0.5) is 0 Å². The van der Waals surface area contributed by atoms with Gasteiger partial charge in [-0.3, -0.25) is 24.0 Å². The van der Waals surface area contributed by atoms with E-state index in [1.807, 2.05) is 34.7 Å². The lowest BCUT2D eigenvalue weighted by Crippen LogP contribution is -2.53. The number of amides is 2. The van der Waals surface area contributed by atoms with Gasteiger partial charge in [0.05, 0.1) is 23.9 Å². The first-order valence-electron chi connectivity index (χ1n) is 19.6. The van der Waals surface area contributed by atoms with E-state index in [9.17, 15) is 29.1 Å². The minimum Gasteiger partial charge on any atom is -0.481 e. The van der Waals surface area contributed by atoms with Gasteiger partial charge < -0.3 is 20.2 Å². The number of hydrogen-bond acceptors (Lipinski definition) is 6. The number of nitrogens with one attached hydrogen (secondary N) is 1. The highest BCUT2D eigenvalue weighted by molar-refractivity contribution is 5.96. The van der Waals surface area contributed by atoms with Crippen molar-refractivity contribution < 1.29 is 29.1 Å². The first-order chi connectivity index (χ1) is 23.0. The van der Waals surface area contributed by atoms with Crippen LogP contribution in [0.25, 0.3) is 0 Å². The van der Waals surface area contributed by atoms with Crippen LogP contribution in [0.5, 0.6) is 0 Å². The SMILES string of the molecule is CCC[C@@H](CC(=O)[C@@H]1CC2(CN1C(=O)[C@H](CC(=O)[C@@H](NC(=O)[C@H]1CCCN(C)C1)C1CCCCC1)C(C)(C)C)C(C)(C)C21CCC1)C(=O)O. The number of ketones is 2. The smallest absolute Gasteiger partial charge is 0.306 e. The lowest BCUT2D eigenvalue weighted by atomic mass is 9.73. The topological polar surface area (TPSA) is 124 Å². The van der Waals surface area contributed by atoms with Crippen LogP contribution in [0.2, 0.25) is 0 Å². The van der Waals surface area contributed by atoms with Crippen LogP contribution in [0.15, 0.2) is 0 Å². The van der Waals surface area contributed by atoms with Crippen molar-refractivity contribution in [2.45, 2.75) is 150 Å². The van der Waals surface area contributed by atoms with Crippen LogP contribution >= 0.6 is 0 Å². The van der Waals surface area contributed by atoms with Crippen LogP contribution < -0.4 is 5.32 Å². The summed E-state index contributed by atoms with van der Waals surface area (Å²) in [5.41, 5.74) is -0.643. The summed E-state index contributed by atoms with van der Waals surface area (Å²) in [6.45, 7) is 14.6. The number of piperidine rings is 1. The van der Waals surface area contributed by atoms with E-state index < -0.39 is 35.3 Å². The van der Waals surface area contributed by atoms with Gasteiger partial charge in [-0.15, -0.1) is 0 Å². The average Bonchev–Trinajstić information content (AvgIpc) is 3.23. The average molecular weight is 684 g/mol. The molecule has 5 aliphatic rings. The molecule has 0 aromatic carbocycles. The fourth-order valence-corrected chi connectivity index (χ4v) is 11.0. The van der Waals surface area contributed by atoms with Gasteiger partial charge in [0, 0.05) is 37.3 Å². The number of rotatable bonds is 13. The van der Waals surface area contributed by atoms with E-state index in [0.717, 1.165) is 70.8 Å². The molecule has 0 radical (unpaired) electrons. The molecule has 0 bridgehead atoms. The lowest BCUT2D eigenvalue weighted by Gasteiger charge is -2.37. The molecule has 9 nitrogen and oxygen atoms in total. The van der Waals surface area contributed by atoms with E-state index in [4.69, 9.17) is 0 Å². The Balaban J connectivity index is 1.41. The van der Waals surface area contributed by atoms with Crippen LogP contribution in [0.1, 0.15) is 138 Å². The van der Waals surface area contributed by atoms with Gasteiger partial charge in [-0.25, -0.2) is 0 Å². The fraction of sp³-hybridized carbons (Fsp3) is 0.875. The monoisotopic (exact) mass is 683 g/mol. The highest BCUT2D eigenvalue weighted by atomic mass is 16.4. The predicted molar refractivity (Wildman–Crippen MR) is 190 cm³/mol. The number of carboxylic acid groups (broad SMARTS) is 1. The largest absolute Gasteiger partial charge is 0.481 e. The molecule has 2 heterocycles. The van der Waals surface area contributed by atoms with E-state index in [1.54, 1.807) is 4.90 Å². The number of aliphatic carboxylic acids is 1. The standard InChI is InChI=1S/C40H65N3O6/c1-8-14-27(36(48)49)21-31(44)30-23-40(38(5,6)39(40)18-13-19-39)25-43(30)35(47)29(37(2,3)4)22-32(45)33(26-15-10-9-11-16-26)41-34(46)28-17-12-20-42(7)24-28/h26-30,33H,8-25H2,1-7H3,(H,41,46)(H,48,49)/t27-,28-,29-,30-,33-,40?/m0/s1. The van der Waals surface area contributed by atoms with Crippen molar-refractivity contribution in [3.8, 4) is 0 Å². The molecule has 0 aromatic heterocycles. The molecule has 3 saturated carbocycles. The zero-order valence-corrected chi connectivity index (χ0v) is 31.6. The molecule has 1 unspecified atom stereocenters. The highest BCUT2D eigenvalue weighted by Gasteiger charge is 2.85. The number of carbonyl (C=O) groups excluding carboxylic acids is 4. The van der Waals surface area contributed by atoms with Crippen molar-refractivity contribution in [3.63, 3.8) is 0 Å². The maximum atomic E-state index is 14.9. The normalized spacial score (nSPS) is 30.0. The summed E-state index contributed by atoms with van der Waals surface area (Å²) in [6, 6.07) is -1.30. The zero-order chi connectivity index (χ0) is 35.9. The predicted octanol–water partition coefficient (Wildman–Crippen LogP) is 6.27. The highest BCUT2D eigenvalue weighted by Crippen LogP contribution is 2.88. The van der Waals surface area contributed by atoms with E-state index in [2.05, 4.69) is 24.1 Å². The summed E-state index contributed by atoms with van der Waals surface area (Å²) >= 11 is 0.